The van der Waals surface area contributed by atoms with E-state index in [9.17, 15) is 37.5 Å². The molecule has 3 aliphatic rings. The molecule has 2 atom stereocenters. The number of alkyl halides is 3. The monoisotopic (exact) mass is 522 g/mol. The standard InChI is InChI=1S/C19H18ClF3N4O6S/c1-7(28)33-5-9-6-34-17-12(16(30)27(17)14(9)18(31)32)24-10(29)4-26-13(8-2-3-8)11(20)15(25-26)19(21,22)23/h8,12,17H,2-6H2,1H3,(H,24,29)(H,31,32)/t12-,17+/m0/s1. The van der Waals surface area contributed by atoms with Crippen LogP contribution in [-0.2, 0) is 36.6 Å². The van der Waals surface area contributed by atoms with Gasteiger partial charge in [0.1, 0.15) is 30.3 Å². The van der Waals surface area contributed by atoms with Crippen LogP contribution in [0.25, 0.3) is 0 Å². The SMILES string of the molecule is CC(=O)OCC1=C(C(=O)O)N2C(=O)[C@H](NC(=O)Cn3nc(C(F)(F)F)c(Cl)c3C3CC3)[C@H]2SC1. The number of ether oxygens (including phenoxy) is 1. The molecular formula is C19H18ClF3N4O6S. The highest BCUT2D eigenvalue weighted by molar-refractivity contribution is 8.00. The number of nitrogens with one attached hydrogen (secondary N) is 1. The van der Waals surface area contributed by atoms with Gasteiger partial charge < -0.3 is 15.2 Å². The van der Waals surface area contributed by atoms with Gasteiger partial charge in [-0.25, -0.2) is 4.79 Å². The minimum absolute atomic E-state index is 0.129. The van der Waals surface area contributed by atoms with E-state index in [0.717, 1.165) is 9.58 Å². The van der Waals surface area contributed by atoms with Gasteiger partial charge in [-0.1, -0.05) is 11.6 Å². The molecule has 0 radical (unpaired) electrons. The van der Waals surface area contributed by atoms with Gasteiger partial charge in [0.25, 0.3) is 5.91 Å². The van der Waals surface area contributed by atoms with Gasteiger partial charge >= 0.3 is 18.1 Å². The number of aliphatic carboxylic acids is 1. The number of rotatable bonds is 7. The van der Waals surface area contributed by atoms with Crippen molar-refractivity contribution in [3.63, 3.8) is 0 Å². The first-order chi connectivity index (χ1) is 15.9. The van der Waals surface area contributed by atoms with Crippen molar-refractivity contribution >= 4 is 47.1 Å². The summed E-state index contributed by atoms with van der Waals surface area (Å²) in [6.07, 6.45) is -3.53. The van der Waals surface area contributed by atoms with Crippen molar-refractivity contribution in [1.29, 1.82) is 0 Å². The minimum atomic E-state index is -4.78. The summed E-state index contributed by atoms with van der Waals surface area (Å²) in [7, 11) is 0. The number of hydrogen-bond donors (Lipinski definition) is 2. The van der Waals surface area contributed by atoms with Crippen LogP contribution in [0.5, 0.6) is 0 Å². The maximum Gasteiger partial charge on any atom is 0.436 e. The van der Waals surface area contributed by atoms with E-state index in [0.29, 0.717) is 12.8 Å². The number of carboxylic acids is 1. The predicted molar refractivity (Wildman–Crippen MR) is 111 cm³/mol. The Morgan fingerprint density at radius 1 is 1.32 bits per heavy atom. The molecule has 1 aromatic heterocycles. The van der Waals surface area contributed by atoms with Gasteiger partial charge in [-0.15, -0.1) is 11.8 Å². The van der Waals surface area contributed by atoms with Crippen molar-refractivity contribution in [3.8, 4) is 0 Å². The third-order valence-corrected chi connectivity index (χ3v) is 7.19. The summed E-state index contributed by atoms with van der Waals surface area (Å²) in [6, 6.07) is -1.07. The summed E-state index contributed by atoms with van der Waals surface area (Å²) in [5.74, 6) is -3.53. The molecule has 1 saturated carbocycles. The largest absolute Gasteiger partial charge is 0.477 e. The van der Waals surface area contributed by atoms with E-state index in [-0.39, 0.29) is 35.2 Å². The summed E-state index contributed by atoms with van der Waals surface area (Å²) < 4.78 is 45.4. The Labute approximate surface area is 199 Å². The number of carbonyl (C=O) groups excluding carboxylic acids is 3. The smallest absolute Gasteiger partial charge is 0.436 e. The zero-order valence-corrected chi connectivity index (χ0v) is 19.1. The van der Waals surface area contributed by atoms with Gasteiger partial charge in [-0.2, -0.15) is 18.3 Å². The van der Waals surface area contributed by atoms with Gasteiger partial charge in [0.15, 0.2) is 5.69 Å². The Morgan fingerprint density at radius 2 is 2.00 bits per heavy atom. The Kier molecular flexibility index (Phi) is 6.31. The first-order valence-corrected chi connectivity index (χ1v) is 11.5. The van der Waals surface area contributed by atoms with Gasteiger partial charge in [0.05, 0.1) is 10.7 Å². The van der Waals surface area contributed by atoms with Crippen LogP contribution in [0.1, 0.15) is 37.1 Å². The number of fused-ring (bicyclic) bond motifs is 1. The number of thioether (sulfide) groups is 1. The van der Waals surface area contributed by atoms with Crippen molar-refractivity contribution in [2.75, 3.05) is 12.4 Å². The topological polar surface area (TPSA) is 131 Å². The van der Waals surface area contributed by atoms with E-state index in [2.05, 4.69) is 10.4 Å². The lowest BCUT2D eigenvalue weighted by Crippen LogP contribution is -2.70. The normalized spacial score (nSPS) is 22.3. The fourth-order valence-corrected chi connectivity index (χ4v) is 5.56. The molecule has 2 aliphatic heterocycles. The first kappa shape index (κ1) is 24.4. The Balaban J connectivity index is 1.48. The summed E-state index contributed by atoms with van der Waals surface area (Å²) >= 11 is 7.07. The number of esters is 1. The van der Waals surface area contributed by atoms with Gasteiger partial charge in [-0.05, 0) is 12.8 Å². The zero-order valence-electron chi connectivity index (χ0n) is 17.5. The maximum atomic E-state index is 13.2. The summed E-state index contributed by atoms with van der Waals surface area (Å²) in [4.78, 5) is 49.0. The number of carboxylic acid groups (broad SMARTS) is 1. The summed E-state index contributed by atoms with van der Waals surface area (Å²) in [6.45, 7) is 0.296. The fourth-order valence-electron chi connectivity index (χ4n) is 3.84. The first-order valence-electron chi connectivity index (χ1n) is 10.1. The number of amides is 2. The quantitative estimate of drug-likeness (QED) is 0.409. The molecular weight excluding hydrogens is 505 g/mol. The van der Waals surface area contributed by atoms with Crippen molar-refractivity contribution in [2.24, 2.45) is 0 Å². The molecule has 10 nitrogen and oxygen atoms in total. The molecule has 15 heteroatoms. The van der Waals surface area contributed by atoms with E-state index in [1.165, 1.54) is 18.7 Å². The van der Waals surface area contributed by atoms with Gasteiger partial charge in [-0.3, -0.25) is 24.0 Å². The molecule has 4 rings (SSSR count). The molecule has 3 heterocycles. The van der Waals surface area contributed by atoms with E-state index in [1.807, 2.05) is 0 Å². The molecule has 2 fully saturated rings. The third-order valence-electron chi connectivity index (χ3n) is 5.47. The number of hydrogen-bond acceptors (Lipinski definition) is 7. The molecule has 1 aliphatic carbocycles. The van der Waals surface area contributed by atoms with Crippen molar-refractivity contribution < 1.29 is 42.2 Å². The van der Waals surface area contributed by atoms with Crippen LogP contribution in [0.3, 0.4) is 0 Å². The average Bonchev–Trinajstić information content (AvgIpc) is 3.51. The van der Waals surface area contributed by atoms with Crippen LogP contribution in [0, 0.1) is 0 Å². The number of aromatic nitrogens is 2. The lowest BCUT2D eigenvalue weighted by atomic mass is 10.0. The summed E-state index contributed by atoms with van der Waals surface area (Å²) in [5, 5.41) is 14.2. The van der Waals surface area contributed by atoms with Crippen LogP contribution >= 0.6 is 23.4 Å². The third kappa shape index (κ3) is 4.48. The van der Waals surface area contributed by atoms with Crippen LogP contribution in [-0.4, -0.2) is 67.3 Å². The highest BCUT2D eigenvalue weighted by Crippen LogP contribution is 2.47. The second kappa shape index (κ2) is 8.80. The van der Waals surface area contributed by atoms with Gasteiger partial charge in [0, 0.05) is 24.2 Å². The highest BCUT2D eigenvalue weighted by Gasteiger charge is 2.54. The van der Waals surface area contributed by atoms with Crippen LogP contribution in [0.15, 0.2) is 11.3 Å². The predicted octanol–water partition coefficient (Wildman–Crippen LogP) is 1.73. The molecule has 0 bridgehead atoms. The van der Waals surface area contributed by atoms with Gasteiger partial charge in [0.2, 0.25) is 5.91 Å². The molecule has 0 aromatic carbocycles. The van der Waals surface area contributed by atoms with E-state index >= 15 is 0 Å². The number of nitrogens with zero attached hydrogens (tertiary/aromatic N) is 3. The Morgan fingerprint density at radius 3 is 2.56 bits per heavy atom. The van der Waals surface area contributed by atoms with E-state index in [4.69, 9.17) is 16.3 Å². The fraction of sp³-hybridized carbons (Fsp3) is 0.526. The van der Waals surface area contributed by atoms with Crippen molar-refractivity contribution in [1.82, 2.24) is 20.0 Å². The van der Waals surface area contributed by atoms with Crippen LogP contribution in [0.4, 0.5) is 13.2 Å². The molecule has 0 spiro atoms. The molecule has 2 amide bonds. The molecule has 2 N–H and O–H groups in total. The zero-order chi connectivity index (χ0) is 24.9. The van der Waals surface area contributed by atoms with Crippen LogP contribution < -0.4 is 5.32 Å². The highest BCUT2D eigenvalue weighted by atomic mass is 35.5. The molecule has 1 aromatic rings. The van der Waals surface area contributed by atoms with Crippen LogP contribution in [0.2, 0.25) is 5.02 Å². The Bertz CT molecular complexity index is 1120. The number of β-lactam (4-membered cyclic amide) rings is 1. The second-order valence-corrected chi connectivity index (χ2v) is 9.45. The Hall–Kier alpha value is -2.74. The number of halogens is 4. The van der Waals surface area contributed by atoms with E-state index < -0.39 is 58.6 Å². The molecule has 1 saturated heterocycles. The maximum absolute atomic E-state index is 13.2. The molecule has 34 heavy (non-hydrogen) atoms. The second-order valence-electron chi connectivity index (χ2n) is 7.97. The number of carbonyl (C=O) groups is 4. The van der Waals surface area contributed by atoms with Crippen molar-refractivity contribution in [2.45, 2.75) is 49.8 Å². The minimum Gasteiger partial charge on any atom is -0.477 e. The summed E-state index contributed by atoms with van der Waals surface area (Å²) in [5.41, 5.74) is -1.22. The molecule has 0 unspecified atom stereocenters. The molecule has 184 valence electrons. The lowest BCUT2D eigenvalue weighted by molar-refractivity contribution is -0.151. The lowest BCUT2D eigenvalue weighted by Gasteiger charge is -2.49. The average molecular weight is 523 g/mol. The van der Waals surface area contributed by atoms with Crippen molar-refractivity contribution in [3.05, 3.63) is 27.7 Å². The van der Waals surface area contributed by atoms with E-state index in [1.54, 1.807) is 0 Å².